The predicted octanol–water partition coefficient (Wildman–Crippen LogP) is 5.48. The molecule has 3 aromatic rings. The quantitative estimate of drug-likeness (QED) is 0.483. The smallest absolute Gasteiger partial charge is 0.162 e. The first-order valence-corrected chi connectivity index (χ1v) is 8.38. The maximum absolute atomic E-state index is 6.16. The zero-order valence-corrected chi connectivity index (χ0v) is 14.7. The van der Waals surface area contributed by atoms with Crippen molar-refractivity contribution in [1.29, 1.82) is 0 Å². The van der Waals surface area contributed by atoms with Gasteiger partial charge < -0.3 is 5.73 Å². The van der Waals surface area contributed by atoms with Crippen LogP contribution >= 0.6 is 23.2 Å². The second-order valence-electron chi connectivity index (χ2n) is 5.26. The highest BCUT2D eigenvalue weighted by Crippen LogP contribution is 2.27. The van der Waals surface area contributed by atoms with Gasteiger partial charge in [0.1, 0.15) is 5.84 Å². The maximum Gasteiger partial charge on any atom is 0.162 e. The molecule has 0 aliphatic rings. The number of halogens is 2. The first kappa shape index (κ1) is 17.2. The summed E-state index contributed by atoms with van der Waals surface area (Å²) in [6.07, 6.45) is 0. The third kappa shape index (κ3) is 4.47. The maximum atomic E-state index is 6.16. The Morgan fingerprint density at radius 1 is 0.720 bits per heavy atom. The molecular weight excluding hydrogens is 353 g/mol. The first-order chi connectivity index (χ1) is 12.1. The van der Waals surface area contributed by atoms with Gasteiger partial charge in [-0.2, -0.15) is 0 Å². The fraction of sp³-hybridized carbons (Fsp3) is 0. The number of nitrogens with two attached hydrogens (primary N) is 1. The molecular formula is C20H15Cl2N3. The molecule has 0 heterocycles. The normalized spacial score (nSPS) is 12.2. The van der Waals surface area contributed by atoms with E-state index in [1.165, 1.54) is 0 Å². The Labute approximate surface area is 156 Å². The average Bonchev–Trinajstić information content (AvgIpc) is 2.65. The Morgan fingerprint density at radius 2 is 1.32 bits per heavy atom. The van der Waals surface area contributed by atoms with Crippen LogP contribution in [0.1, 0.15) is 11.1 Å². The average molecular weight is 368 g/mol. The lowest BCUT2D eigenvalue weighted by molar-refractivity contribution is 1.42. The van der Waals surface area contributed by atoms with Crippen LogP contribution < -0.4 is 5.73 Å². The molecule has 0 radical (unpaired) electrons. The van der Waals surface area contributed by atoms with Crippen LogP contribution in [0.4, 0.5) is 5.69 Å². The van der Waals surface area contributed by atoms with Gasteiger partial charge in [0.05, 0.1) is 15.7 Å². The zero-order valence-electron chi connectivity index (χ0n) is 13.2. The van der Waals surface area contributed by atoms with E-state index in [1.54, 1.807) is 18.2 Å². The van der Waals surface area contributed by atoms with E-state index in [0.29, 0.717) is 27.4 Å². The molecule has 0 saturated heterocycles. The molecule has 0 aromatic heterocycles. The Bertz CT molecular complexity index is 920. The highest BCUT2D eigenvalue weighted by molar-refractivity contribution is 6.42. The summed E-state index contributed by atoms with van der Waals surface area (Å²) in [7, 11) is 0. The van der Waals surface area contributed by atoms with E-state index < -0.39 is 0 Å². The second-order valence-corrected chi connectivity index (χ2v) is 6.08. The van der Waals surface area contributed by atoms with Crippen LogP contribution in [0.5, 0.6) is 0 Å². The van der Waals surface area contributed by atoms with Crippen molar-refractivity contribution in [3.8, 4) is 0 Å². The summed E-state index contributed by atoms with van der Waals surface area (Å²) in [5.74, 6) is 0.892. The van der Waals surface area contributed by atoms with Crippen LogP contribution in [0.2, 0.25) is 10.0 Å². The van der Waals surface area contributed by atoms with Crippen molar-refractivity contribution in [3.63, 3.8) is 0 Å². The van der Waals surface area contributed by atoms with Gasteiger partial charge >= 0.3 is 0 Å². The van der Waals surface area contributed by atoms with Crippen molar-refractivity contribution < 1.29 is 0 Å². The summed E-state index contributed by atoms with van der Waals surface area (Å²) in [4.78, 5) is 9.14. The topological polar surface area (TPSA) is 50.7 Å². The van der Waals surface area contributed by atoms with Crippen LogP contribution in [0.3, 0.4) is 0 Å². The molecule has 0 spiro atoms. The van der Waals surface area contributed by atoms with Gasteiger partial charge in [-0.15, -0.1) is 0 Å². The summed E-state index contributed by atoms with van der Waals surface area (Å²) in [6, 6.07) is 24.4. The van der Waals surface area contributed by atoms with E-state index in [-0.39, 0.29) is 0 Å². The second kappa shape index (κ2) is 7.97. The predicted molar refractivity (Wildman–Crippen MR) is 106 cm³/mol. The molecule has 0 saturated carbocycles. The Balaban J connectivity index is 2.07. The van der Waals surface area contributed by atoms with Gasteiger partial charge in [-0.1, -0.05) is 83.9 Å². The summed E-state index contributed by atoms with van der Waals surface area (Å²) in [5, 5.41) is 0.921. The van der Waals surface area contributed by atoms with Gasteiger partial charge in [0.25, 0.3) is 0 Å². The number of nitrogens with zero attached hydrogens (tertiary/aromatic N) is 2. The Kier molecular flexibility index (Phi) is 5.49. The molecule has 3 nitrogen and oxygen atoms in total. The molecule has 124 valence electrons. The summed E-state index contributed by atoms with van der Waals surface area (Å²) >= 11 is 12.1. The van der Waals surface area contributed by atoms with Crippen molar-refractivity contribution in [2.75, 3.05) is 0 Å². The van der Waals surface area contributed by atoms with Gasteiger partial charge in [0.15, 0.2) is 5.84 Å². The zero-order chi connectivity index (χ0) is 17.6. The van der Waals surface area contributed by atoms with Crippen molar-refractivity contribution >= 4 is 40.6 Å². The van der Waals surface area contributed by atoms with Crippen LogP contribution in [0.25, 0.3) is 0 Å². The van der Waals surface area contributed by atoms with Gasteiger partial charge in [-0.3, -0.25) is 0 Å². The number of benzene rings is 3. The molecule has 2 N–H and O–H groups in total. The lowest BCUT2D eigenvalue weighted by Crippen LogP contribution is -2.16. The SMILES string of the molecule is NC(=NC(=Nc1ccc(Cl)c(Cl)c1)c1ccccc1)c1ccccc1. The van der Waals surface area contributed by atoms with E-state index in [2.05, 4.69) is 9.98 Å². The summed E-state index contributed by atoms with van der Waals surface area (Å²) in [6.45, 7) is 0. The highest BCUT2D eigenvalue weighted by Gasteiger charge is 2.06. The van der Waals surface area contributed by atoms with Crippen molar-refractivity contribution in [2.45, 2.75) is 0 Å². The Morgan fingerprint density at radius 3 is 1.92 bits per heavy atom. The molecule has 3 aromatic carbocycles. The number of amidine groups is 2. The van der Waals surface area contributed by atoms with Gasteiger partial charge in [0.2, 0.25) is 0 Å². The van der Waals surface area contributed by atoms with Crippen molar-refractivity contribution in [3.05, 3.63) is 100 Å². The van der Waals surface area contributed by atoms with Crippen LogP contribution in [0.15, 0.2) is 88.8 Å². The third-order valence-electron chi connectivity index (χ3n) is 3.47. The fourth-order valence-corrected chi connectivity index (χ4v) is 2.50. The van der Waals surface area contributed by atoms with E-state index in [4.69, 9.17) is 28.9 Å². The number of rotatable bonds is 3. The largest absolute Gasteiger partial charge is 0.383 e. The number of hydrogen-bond acceptors (Lipinski definition) is 1. The van der Waals surface area contributed by atoms with Crippen LogP contribution in [0, 0.1) is 0 Å². The van der Waals surface area contributed by atoms with Gasteiger partial charge in [-0.05, 0) is 18.2 Å². The lowest BCUT2D eigenvalue weighted by atomic mass is 10.2. The van der Waals surface area contributed by atoms with Crippen LogP contribution in [-0.4, -0.2) is 11.7 Å². The van der Waals surface area contributed by atoms with Crippen LogP contribution in [-0.2, 0) is 0 Å². The molecule has 0 aliphatic heterocycles. The molecule has 25 heavy (non-hydrogen) atoms. The third-order valence-corrected chi connectivity index (χ3v) is 4.21. The minimum absolute atomic E-state index is 0.392. The van der Waals surface area contributed by atoms with Crippen molar-refractivity contribution in [2.24, 2.45) is 15.7 Å². The first-order valence-electron chi connectivity index (χ1n) is 7.62. The fourth-order valence-electron chi connectivity index (χ4n) is 2.21. The molecule has 0 amide bonds. The number of aliphatic imine (C=N–C) groups is 2. The molecule has 3 rings (SSSR count). The summed E-state index contributed by atoms with van der Waals surface area (Å²) in [5.41, 5.74) is 8.50. The molecule has 0 bridgehead atoms. The summed E-state index contributed by atoms with van der Waals surface area (Å²) < 4.78 is 0. The monoisotopic (exact) mass is 367 g/mol. The molecule has 0 atom stereocenters. The molecule has 0 fully saturated rings. The van der Waals surface area contributed by atoms with E-state index >= 15 is 0 Å². The van der Waals surface area contributed by atoms with Gasteiger partial charge in [-0.25, -0.2) is 9.98 Å². The standard InChI is InChI=1S/C20H15Cl2N3/c21-17-12-11-16(13-18(17)22)24-20(15-9-5-2-6-10-15)25-19(23)14-7-3-1-4-8-14/h1-13H,(H2,23,24,25). The molecule has 0 unspecified atom stereocenters. The minimum atomic E-state index is 0.392. The highest BCUT2D eigenvalue weighted by atomic mass is 35.5. The van der Waals surface area contributed by atoms with E-state index in [1.807, 2.05) is 60.7 Å². The number of hydrogen-bond donors (Lipinski definition) is 1. The molecule has 5 heteroatoms. The van der Waals surface area contributed by atoms with Crippen molar-refractivity contribution in [1.82, 2.24) is 0 Å². The molecule has 0 aliphatic carbocycles. The Hall–Kier alpha value is -2.62. The minimum Gasteiger partial charge on any atom is -0.383 e. The lowest BCUT2D eigenvalue weighted by Gasteiger charge is -2.06. The van der Waals surface area contributed by atoms with E-state index in [0.717, 1.165) is 11.1 Å². The van der Waals surface area contributed by atoms with E-state index in [9.17, 15) is 0 Å². The van der Waals surface area contributed by atoms with Gasteiger partial charge in [0, 0.05) is 11.1 Å².